The van der Waals surface area contributed by atoms with Gasteiger partial charge in [0.1, 0.15) is 6.61 Å². The molecule has 1 heterocycles. The van der Waals surface area contributed by atoms with Crippen LogP contribution < -0.4 is 14.8 Å². The van der Waals surface area contributed by atoms with E-state index >= 15 is 0 Å². The van der Waals surface area contributed by atoms with Crippen molar-refractivity contribution in [1.82, 2.24) is 0 Å². The fourth-order valence-electron chi connectivity index (χ4n) is 2.13. The highest BCUT2D eigenvalue weighted by Gasteiger charge is 2.29. The van der Waals surface area contributed by atoms with Crippen LogP contribution in [0.4, 0.5) is 5.69 Å². The van der Waals surface area contributed by atoms with Gasteiger partial charge in [0.25, 0.3) is 5.91 Å². The number of halogens is 1. The van der Waals surface area contributed by atoms with Gasteiger partial charge in [-0.15, -0.1) is 0 Å². The van der Waals surface area contributed by atoms with Crippen molar-refractivity contribution in [2.75, 3.05) is 18.5 Å². The molecule has 124 valence electrons. The van der Waals surface area contributed by atoms with E-state index in [2.05, 4.69) is 21.2 Å². The van der Waals surface area contributed by atoms with Crippen LogP contribution in [0.2, 0.25) is 0 Å². The molecular weight excluding hydrogens is 378 g/mol. The maximum absolute atomic E-state index is 12.0. The second-order valence-electron chi connectivity index (χ2n) is 5.03. The van der Waals surface area contributed by atoms with Crippen molar-refractivity contribution in [1.29, 1.82) is 0 Å². The quantitative estimate of drug-likeness (QED) is 0.811. The first kappa shape index (κ1) is 16.3. The zero-order valence-electron chi connectivity index (χ0n) is 12.5. The largest absolute Gasteiger partial charge is 0.485 e. The van der Waals surface area contributed by atoms with Crippen molar-refractivity contribution in [3.63, 3.8) is 0 Å². The Morgan fingerprint density at radius 2 is 1.96 bits per heavy atom. The van der Waals surface area contributed by atoms with E-state index in [1.165, 1.54) is 0 Å². The summed E-state index contributed by atoms with van der Waals surface area (Å²) in [6, 6.07) is 14.2. The minimum absolute atomic E-state index is 0.0447. The lowest BCUT2D eigenvalue weighted by atomic mass is 10.2. The number of fused-ring (bicyclic) bond motifs is 1. The van der Waals surface area contributed by atoms with Crippen LogP contribution in [0.3, 0.4) is 0 Å². The zero-order valence-corrected chi connectivity index (χ0v) is 14.1. The van der Waals surface area contributed by atoms with Crippen LogP contribution in [0.1, 0.15) is 0 Å². The van der Waals surface area contributed by atoms with Gasteiger partial charge in [-0.1, -0.05) is 34.1 Å². The summed E-state index contributed by atoms with van der Waals surface area (Å²) in [6.45, 7) is -0.351. The van der Waals surface area contributed by atoms with E-state index in [9.17, 15) is 9.59 Å². The lowest BCUT2D eigenvalue weighted by molar-refractivity contribution is -0.156. The van der Waals surface area contributed by atoms with Crippen LogP contribution in [-0.2, 0) is 14.3 Å². The molecule has 7 heteroatoms. The van der Waals surface area contributed by atoms with E-state index in [1.807, 2.05) is 12.1 Å². The first-order valence-corrected chi connectivity index (χ1v) is 8.01. The molecular formula is C17H14BrNO5. The van der Waals surface area contributed by atoms with Gasteiger partial charge < -0.3 is 19.5 Å². The number of nitrogens with one attached hydrogen (secondary N) is 1. The minimum Gasteiger partial charge on any atom is -0.485 e. The third-order valence-electron chi connectivity index (χ3n) is 3.23. The molecule has 6 nitrogen and oxygen atoms in total. The number of para-hydroxylation sites is 2. The average Bonchev–Trinajstić information content (AvgIpc) is 2.59. The molecule has 1 unspecified atom stereocenters. The number of anilines is 1. The van der Waals surface area contributed by atoms with E-state index in [0.717, 1.165) is 4.47 Å². The molecule has 0 aliphatic carbocycles. The van der Waals surface area contributed by atoms with Crippen molar-refractivity contribution in [2.24, 2.45) is 0 Å². The molecule has 1 N–H and O–H groups in total. The van der Waals surface area contributed by atoms with Crippen LogP contribution in [0.15, 0.2) is 53.0 Å². The molecule has 0 saturated heterocycles. The molecule has 1 amide bonds. The first-order chi connectivity index (χ1) is 11.6. The summed E-state index contributed by atoms with van der Waals surface area (Å²) in [5, 5.41) is 2.64. The lowest BCUT2D eigenvalue weighted by Crippen LogP contribution is -2.39. The Bertz CT molecular complexity index is 764. The van der Waals surface area contributed by atoms with Gasteiger partial charge in [-0.25, -0.2) is 4.79 Å². The van der Waals surface area contributed by atoms with Gasteiger partial charge in [0.2, 0.25) is 6.10 Å². The van der Waals surface area contributed by atoms with Crippen molar-refractivity contribution in [2.45, 2.75) is 6.10 Å². The van der Waals surface area contributed by atoms with Gasteiger partial charge in [-0.2, -0.15) is 0 Å². The summed E-state index contributed by atoms with van der Waals surface area (Å²) < 4.78 is 16.8. The summed E-state index contributed by atoms with van der Waals surface area (Å²) in [6.07, 6.45) is -0.890. The van der Waals surface area contributed by atoms with E-state index < -0.39 is 24.6 Å². The smallest absolute Gasteiger partial charge is 0.351 e. The zero-order chi connectivity index (χ0) is 16.9. The van der Waals surface area contributed by atoms with E-state index in [1.54, 1.807) is 36.4 Å². The Morgan fingerprint density at radius 1 is 1.17 bits per heavy atom. The maximum Gasteiger partial charge on any atom is 0.351 e. The summed E-state index contributed by atoms with van der Waals surface area (Å²) >= 11 is 3.31. The van der Waals surface area contributed by atoms with E-state index in [4.69, 9.17) is 14.2 Å². The molecule has 0 saturated carbocycles. The average molecular weight is 392 g/mol. The number of hydrogen-bond acceptors (Lipinski definition) is 5. The number of esters is 1. The molecule has 0 aromatic heterocycles. The van der Waals surface area contributed by atoms with Crippen LogP contribution in [0.5, 0.6) is 11.5 Å². The fourth-order valence-corrected chi connectivity index (χ4v) is 2.53. The second kappa shape index (κ2) is 7.35. The number of hydrogen-bond donors (Lipinski definition) is 1. The maximum atomic E-state index is 12.0. The van der Waals surface area contributed by atoms with Crippen LogP contribution in [0, 0.1) is 0 Å². The SMILES string of the molecule is O=C(COC(=O)C1COc2ccccc2O1)Nc1cccc(Br)c1. The summed E-state index contributed by atoms with van der Waals surface area (Å²) in [4.78, 5) is 23.8. The molecule has 2 aromatic carbocycles. The lowest BCUT2D eigenvalue weighted by Gasteiger charge is -2.24. The molecule has 1 aliphatic heterocycles. The number of carbonyl (C=O) groups is 2. The van der Waals surface area contributed by atoms with Gasteiger partial charge in [0, 0.05) is 10.2 Å². The monoisotopic (exact) mass is 391 g/mol. The molecule has 3 rings (SSSR count). The fraction of sp³-hybridized carbons (Fsp3) is 0.176. The van der Waals surface area contributed by atoms with Gasteiger partial charge >= 0.3 is 5.97 Å². The summed E-state index contributed by atoms with van der Waals surface area (Å²) in [5.41, 5.74) is 0.608. The number of rotatable bonds is 4. The highest BCUT2D eigenvalue weighted by molar-refractivity contribution is 9.10. The van der Waals surface area contributed by atoms with Gasteiger partial charge in [-0.05, 0) is 30.3 Å². The highest BCUT2D eigenvalue weighted by atomic mass is 79.9. The number of carbonyl (C=O) groups excluding carboxylic acids is 2. The Balaban J connectivity index is 1.50. The second-order valence-corrected chi connectivity index (χ2v) is 5.95. The number of ether oxygens (including phenoxy) is 3. The number of amides is 1. The molecule has 1 atom stereocenters. The molecule has 0 spiro atoms. The van der Waals surface area contributed by atoms with Crippen molar-refractivity contribution >= 4 is 33.5 Å². The minimum atomic E-state index is -0.890. The molecule has 2 aromatic rings. The van der Waals surface area contributed by atoms with Crippen molar-refractivity contribution in [3.8, 4) is 11.5 Å². The molecule has 24 heavy (non-hydrogen) atoms. The van der Waals surface area contributed by atoms with Crippen LogP contribution in [-0.4, -0.2) is 31.2 Å². The molecule has 0 bridgehead atoms. The summed E-state index contributed by atoms with van der Waals surface area (Å²) in [7, 11) is 0. The summed E-state index contributed by atoms with van der Waals surface area (Å²) in [5.74, 6) is -0.0225. The number of benzene rings is 2. The van der Waals surface area contributed by atoms with Crippen LogP contribution >= 0.6 is 15.9 Å². The predicted molar refractivity (Wildman–Crippen MR) is 90.1 cm³/mol. The van der Waals surface area contributed by atoms with Crippen LogP contribution in [0.25, 0.3) is 0 Å². The topological polar surface area (TPSA) is 73.9 Å². The molecule has 0 radical (unpaired) electrons. The van der Waals surface area contributed by atoms with Gasteiger partial charge in [0.15, 0.2) is 18.1 Å². The highest BCUT2D eigenvalue weighted by Crippen LogP contribution is 2.31. The van der Waals surface area contributed by atoms with Gasteiger partial charge in [0.05, 0.1) is 0 Å². The normalized spacial score (nSPS) is 15.5. The predicted octanol–water partition coefficient (Wildman–Crippen LogP) is 2.77. The first-order valence-electron chi connectivity index (χ1n) is 7.22. The van der Waals surface area contributed by atoms with E-state index in [0.29, 0.717) is 17.2 Å². The standard InChI is InChI=1S/C17H14BrNO5/c18-11-4-3-5-12(8-11)19-16(20)10-23-17(21)15-9-22-13-6-1-2-7-14(13)24-15/h1-8,15H,9-10H2,(H,19,20). The Hall–Kier alpha value is -2.54. The van der Waals surface area contributed by atoms with Gasteiger partial charge in [-0.3, -0.25) is 4.79 Å². The molecule has 1 aliphatic rings. The Kier molecular flexibility index (Phi) is 5.00. The van der Waals surface area contributed by atoms with E-state index in [-0.39, 0.29) is 6.61 Å². The Morgan fingerprint density at radius 3 is 2.75 bits per heavy atom. The van der Waals surface area contributed by atoms with Crippen molar-refractivity contribution in [3.05, 3.63) is 53.0 Å². The third kappa shape index (κ3) is 4.05. The van der Waals surface area contributed by atoms with Crippen molar-refractivity contribution < 1.29 is 23.8 Å². The Labute approximate surface area is 146 Å². The third-order valence-corrected chi connectivity index (χ3v) is 3.72. The molecule has 0 fully saturated rings.